The highest BCUT2D eigenvalue weighted by Crippen LogP contribution is 2.42. The molecular weight excluding hydrogens is 777 g/mol. The molecule has 0 aliphatic carbocycles. The van der Waals surface area contributed by atoms with Gasteiger partial charge in [0.1, 0.15) is 0 Å². The van der Waals surface area contributed by atoms with Gasteiger partial charge in [-0.1, -0.05) is 182 Å². The van der Waals surface area contributed by atoms with Crippen LogP contribution in [0.1, 0.15) is 0 Å². The average Bonchev–Trinajstić information content (AvgIpc) is 3.38. The fraction of sp³-hybridized carbons (Fsp3) is 0. The second-order valence-corrected chi connectivity index (χ2v) is 15.8. The van der Waals surface area contributed by atoms with Gasteiger partial charge in [0.15, 0.2) is 0 Å². The standard InChI is InChI=1S/C60H42N4/c1-5-19-45(20-6-1)57-58(46-21-7-2-8-22-46)62-60(48-33-37-54(38-34-48)64(52-27-11-4-12-28-52)56-40-30-44-18-14-16-24-50(44)42-56)59(61-57)47-31-35-53(36-32-47)63(51-25-9-3-10-26-51)55-39-29-43-17-13-15-23-49(43)41-55/h1-42H. The van der Waals surface area contributed by atoms with E-state index >= 15 is 0 Å². The molecule has 11 aromatic rings. The molecule has 0 N–H and O–H groups in total. The van der Waals surface area contributed by atoms with Gasteiger partial charge in [0.2, 0.25) is 0 Å². The summed E-state index contributed by atoms with van der Waals surface area (Å²) in [6, 6.07) is 89.7. The lowest BCUT2D eigenvalue weighted by Gasteiger charge is -2.26. The van der Waals surface area contributed by atoms with Crippen molar-refractivity contribution in [3.05, 3.63) is 255 Å². The van der Waals surface area contributed by atoms with Crippen molar-refractivity contribution in [2.75, 3.05) is 9.80 Å². The van der Waals surface area contributed by atoms with Gasteiger partial charge in [-0.15, -0.1) is 0 Å². The van der Waals surface area contributed by atoms with Gasteiger partial charge in [-0.2, -0.15) is 0 Å². The number of aromatic nitrogens is 2. The van der Waals surface area contributed by atoms with Crippen LogP contribution < -0.4 is 9.80 Å². The van der Waals surface area contributed by atoms with Gasteiger partial charge in [-0.3, -0.25) is 0 Å². The van der Waals surface area contributed by atoms with E-state index in [1.807, 2.05) is 12.1 Å². The van der Waals surface area contributed by atoms with E-state index in [1.54, 1.807) is 0 Å². The van der Waals surface area contributed by atoms with Crippen LogP contribution in [-0.2, 0) is 0 Å². The summed E-state index contributed by atoms with van der Waals surface area (Å²) >= 11 is 0. The van der Waals surface area contributed by atoms with Crippen LogP contribution in [0, 0.1) is 0 Å². The maximum Gasteiger partial charge on any atom is 0.0973 e. The molecule has 1 aromatic heterocycles. The number of benzene rings is 10. The topological polar surface area (TPSA) is 32.3 Å². The lowest BCUT2D eigenvalue weighted by Crippen LogP contribution is -2.10. The highest BCUT2D eigenvalue weighted by molar-refractivity contribution is 5.92. The molecule has 0 fully saturated rings. The molecule has 1 heterocycles. The van der Waals surface area contributed by atoms with E-state index in [9.17, 15) is 0 Å². The van der Waals surface area contributed by atoms with Crippen LogP contribution in [0.25, 0.3) is 66.6 Å². The van der Waals surface area contributed by atoms with Crippen molar-refractivity contribution in [3.8, 4) is 45.0 Å². The lowest BCUT2D eigenvalue weighted by atomic mass is 9.98. The quantitative estimate of drug-likeness (QED) is 0.138. The molecule has 11 rings (SSSR count). The third-order valence-corrected chi connectivity index (χ3v) is 11.8. The first-order valence-corrected chi connectivity index (χ1v) is 21.7. The zero-order valence-corrected chi connectivity index (χ0v) is 35.0. The van der Waals surface area contributed by atoms with Crippen LogP contribution in [0.2, 0.25) is 0 Å². The largest absolute Gasteiger partial charge is 0.310 e. The summed E-state index contributed by atoms with van der Waals surface area (Å²) in [6.07, 6.45) is 0. The Balaban J connectivity index is 1.06. The second-order valence-electron chi connectivity index (χ2n) is 15.8. The number of para-hydroxylation sites is 2. The molecule has 0 unspecified atom stereocenters. The zero-order chi connectivity index (χ0) is 42.7. The van der Waals surface area contributed by atoms with Crippen molar-refractivity contribution in [1.29, 1.82) is 0 Å². The summed E-state index contributed by atoms with van der Waals surface area (Å²) in [6.45, 7) is 0. The first-order valence-electron chi connectivity index (χ1n) is 21.7. The van der Waals surface area contributed by atoms with Crippen molar-refractivity contribution in [2.24, 2.45) is 0 Å². The minimum atomic E-state index is 0.809. The van der Waals surface area contributed by atoms with E-state index in [4.69, 9.17) is 9.97 Å². The molecule has 0 amide bonds. The summed E-state index contributed by atoms with van der Waals surface area (Å²) in [5.41, 5.74) is 13.7. The van der Waals surface area contributed by atoms with Crippen molar-refractivity contribution in [1.82, 2.24) is 9.97 Å². The minimum Gasteiger partial charge on any atom is -0.310 e. The number of hydrogen-bond acceptors (Lipinski definition) is 4. The Bertz CT molecular complexity index is 3130. The Hall–Kier alpha value is -8.60. The van der Waals surface area contributed by atoms with Gasteiger partial charge < -0.3 is 9.80 Å². The number of nitrogens with zero attached hydrogens (tertiary/aromatic N) is 4. The fourth-order valence-electron chi connectivity index (χ4n) is 8.65. The molecule has 0 saturated heterocycles. The summed E-state index contributed by atoms with van der Waals surface area (Å²) in [5.74, 6) is 0. The molecule has 4 heteroatoms. The summed E-state index contributed by atoms with van der Waals surface area (Å²) in [5, 5.41) is 4.81. The van der Waals surface area contributed by atoms with E-state index in [0.29, 0.717) is 0 Å². The normalized spacial score (nSPS) is 11.1. The van der Waals surface area contributed by atoms with E-state index < -0.39 is 0 Å². The Morgan fingerprint density at radius 3 is 0.828 bits per heavy atom. The average molecular weight is 819 g/mol. The fourth-order valence-corrected chi connectivity index (χ4v) is 8.65. The van der Waals surface area contributed by atoms with Gasteiger partial charge in [-0.25, -0.2) is 9.97 Å². The third-order valence-electron chi connectivity index (χ3n) is 11.8. The Morgan fingerprint density at radius 1 is 0.203 bits per heavy atom. The second kappa shape index (κ2) is 17.0. The Labute approximate surface area is 373 Å². The molecule has 64 heavy (non-hydrogen) atoms. The van der Waals surface area contributed by atoms with Crippen molar-refractivity contribution >= 4 is 55.7 Å². The van der Waals surface area contributed by atoms with Crippen molar-refractivity contribution in [2.45, 2.75) is 0 Å². The molecule has 302 valence electrons. The molecule has 0 aliphatic heterocycles. The predicted octanol–water partition coefficient (Wildman–Crippen LogP) is 16.4. The van der Waals surface area contributed by atoms with Crippen LogP contribution in [0.5, 0.6) is 0 Å². The smallest absolute Gasteiger partial charge is 0.0973 e. The molecule has 0 radical (unpaired) electrons. The Kier molecular flexibility index (Phi) is 10.2. The highest BCUT2D eigenvalue weighted by atomic mass is 15.1. The lowest BCUT2D eigenvalue weighted by molar-refractivity contribution is 1.21. The maximum atomic E-state index is 5.59. The molecule has 10 aromatic carbocycles. The van der Waals surface area contributed by atoms with Crippen LogP contribution >= 0.6 is 0 Å². The first kappa shape index (κ1) is 38.3. The van der Waals surface area contributed by atoms with Crippen LogP contribution in [-0.4, -0.2) is 9.97 Å². The third kappa shape index (κ3) is 7.55. The SMILES string of the molecule is c1ccc(-c2nc(-c3ccc(N(c4ccccc4)c4ccc5ccccc5c4)cc3)c(-c3ccc(N(c4ccccc4)c4ccc5ccccc5c4)cc3)nc2-c2ccccc2)cc1. The molecule has 0 spiro atoms. The maximum absolute atomic E-state index is 5.59. The van der Waals surface area contributed by atoms with E-state index in [2.05, 4.69) is 252 Å². The molecule has 0 saturated carbocycles. The van der Waals surface area contributed by atoms with E-state index in [1.165, 1.54) is 21.5 Å². The van der Waals surface area contributed by atoms with Gasteiger partial charge in [0, 0.05) is 56.4 Å². The van der Waals surface area contributed by atoms with E-state index in [-0.39, 0.29) is 0 Å². The van der Waals surface area contributed by atoms with Crippen LogP contribution in [0.3, 0.4) is 0 Å². The highest BCUT2D eigenvalue weighted by Gasteiger charge is 2.21. The monoisotopic (exact) mass is 818 g/mol. The number of rotatable bonds is 10. The molecule has 0 aliphatic rings. The molecule has 0 atom stereocenters. The summed E-state index contributed by atoms with van der Waals surface area (Å²) < 4.78 is 0. The first-order chi connectivity index (χ1) is 31.7. The summed E-state index contributed by atoms with van der Waals surface area (Å²) in [4.78, 5) is 15.8. The van der Waals surface area contributed by atoms with Gasteiger partial charge >= 0.3 is 0 Å². The molecule has 0 bridgehead atoms. The minimum absolute atomic E-state index is 0.809. The molecular formula is C60H42N4. The predicted molar refractivity (Wildman–Crippen MR) is 268 cm³/mol. The number of anilines is 6. The Morgan fingerprint density at radius 2 is 0.469 bits per heavy atom. The molecule has 4 nitrogen and oxygen atoms in total. The zero-order valence-electron chi connectivity index (χ0n) is 35.0. The van der Waals surface area contributed by atoms with Gasteiger partial charge in [-0.05, 0) is 94.3 Å². The van der Waals surface area contributed by atoms with Gasteiger partial charge in [0.05, 0.1) is 22.8 Å². The van der Waals surface area contributed by atoms with Crippen LogP contribution in [0.15, 0.2) is 255 Å². The number of hydrogen-bond donors (Lipinski definition) is 0. The van der Waals surface area contributed by atoms with Crippen LogP contribution in [0.4, 0.5) is 34.1 Å². The number of fused-ring (bicyclic) bond motifs is 2. The van der Waals surface area contributed by atoms with E-state index in [0.717, 1.165) is 79.2 Å². The van der Waals surface area contributed by atoms with Crippen molar-refractivity contribution < 1.29 is 0 Å². The van der Waals surface area contributed by atoms with Gasteiger partial charge in [0.25, 0.3) is 0 Å². The summed E-state index contributed by atoms with van der Waals surface area (Å²) in [7, 11) is 0. The van der Waals surface area contributed by atoms with Crippen molar-refractivity contribution in [3.63, 3.8) is 0 Å².